The Bertz CT molecular complexity index is 396. The van der Waals surface area contributed by atoms with Crippen molar-refractivity contribution in [3.05, 3.63) is 12.7 Å². The second-order valence-electron chi connectivity index (χ2n) is 4.30. The predicted molar refractivity (Wildman–Crippen MR) is 67.5 cm³/mol. The van der Waals surface area contributed by atoms with Crippen molar-refractivity contribution in [2.24, 2.45) is 0 Å². The smallest absolute Gasteiger partial charge is 0.303 e. The summed E-state index contributed by atoms with van der Waals surface area (Å²) in [5, 5.41) is 0. The van der Waals surface area contributed by atoms with Gasteiger partial charge in [-0.15, -0.1) is 6.58 Å². The number of alkyl halides is 2. The Balaban J connectivity index is 5.52. The molecule has 0 saturated heterocycles. The first-order chi connectivity index (χ1) is 9.65. The highest BCUT2D eigenvalue weighted by molar-refractivity contribution is 5.67. The molecule has 0 aliphatic heterocycles. The van der Waals surface area contributed by atoms with E-state index in [1.807, 2.05) is 0 Å². The van der Waals surface area contributed by atoms with Crippen molar-refractivity contribution < 1.29 is 37.4 Å². The molecule has 0 fully saturated rings. The van der Waals surface area contributed by atoms with Crippen LogP contribution in [0.2, 0.25) is 0 Å². The van der Waals surface area contributed by atoms with Crippen LogP contribution in [0.25, 0.3) is 0 Å². The van der Waals surface area contributed by atoms with Crippen LogP contribution in [0.3, 0.4) is 0 Å². The van der Waals surface area contributed by atoms with E-state index in [2.05, 4.69) is 16.1 Å². The Hall–Kier alpha value is -1.99. The van der Waals surface area contributed by atoms with Gasteiger partial charge >= 0.3 is 11.9 Å². The van der Waals surface area contributed by atoms with Crippen molar-refractivity contribution in [1.82, 2.24) is 0 Å². The number of hydrogen-bond donors (Lipinski definition) is 0. The fourth-order valence-corrected chi connectivity index (χ4v) is 1.64. The third kappa shape index (κ3) is 6.33. The summed E-state index contributed by atoms with van der Waals surface area (Å²) in [7, 11) is 0. The lowest BCUT2D eigenvalue weighted by molar-refractivity contribution is -0.212. The summed E-state index contributed by atoms with van der Waals surface area (Å²) in [6.45, 7) is 6.39. The van der Waals surface area contributed by atoms with E-state index in [-0.39, 0.29) is 6.47 Å². The molecule has 0 heterocycles. The van der Waals surface area contributed by atoms with Gasteiger partial charge < -0.3 is 14.2 Å². The van der Waals surface area contributed by atoms with Crippen LogP contribution in [0.1, 0.15) is 27.2 Å². The molecular weight excluding hydrogens is 290 g/mol. The van der Waals surface area contributed by atoms with Gasteiger partial charge in [0.1, 0.15) is 6.10 Å². The van der Waals surface area contributed by atoms with Gasteiger partial charge in [0.2, 0.25) is 6.10 Å². The Labute approximate surface area is 121 Å². The summed E-state index contributed by atoms with van der Waals surface area (Å²) < 4.78 is 42.0. The summed E-state index contributed by atoms with van der Waals surface area (Å²) in [6, 6.07) is 0. The third-order valence-corrected chi connectivity index (χ3v) is 2.46. The number of esters is 2. The Morgan fingerprint density at radius 3 is 2.14 bits per heavy atom. The molecule has 3 atom stereocenters. The molecule has 120 valence electrons. The molecule has 6 nitrogen and oxygen atoms in total. The van der Waals surface area contributed by atoms with Crippen molar-refractivity contribution in [3.8, 4) is 0 Å². The minimum atomic E-state index is -3.55. The third-order valence-electron chi connectivity index (χ3n) is 2.46. The molecule has 0 spiro atoms. The van der Waals surface area contributed by atoms with Crippen LogP contribution in [0.15, 0.2) is 12.7 Å². The lowest BCUT2D eigenvalue weighted by Crippen LogP contribution is -2.52. The van der Waals surface area contributed by atoms with Crippen LogP contribution in [0.5, 0.6) is 0 Å². The summed E-state index contributed by atoms with van der Waals surface area (Å²) in [5.41, 5.74) is 0. The molecular formula is C13H18F2O6. The number of carbonyl (C=O) groups is 3. The zero-order chi connectivity index (χ0) is 16.6. The molecule has 0 aliphatic carbocycles. The van der Waals surface area contributed by atoms with Gasteiger partial charge in [0.15, 0.2) is 6.10 Å². The molecule has 0 saturated carbocycles. The molecule has 0 bridgehead atoms. The van der Waals surface area contributed by atoms with Crippen LogP contribution in [0.4, 0.5) is 8.78 Å². The first-order valence-electron chi connectivity index (χ1n) is 6.08. The lowest BCUT2D eigenvalue weighted by Gasteiger charge is -2.33. The number of halogens is 2. The van der Waals surface area contributed by atoms with E-state index in [9.17, 15) is 23.2 Å². The quantitative estimate of drug-likeness (QED) is 0.279. The standard InChI is InChI=1S/C13H18F2O6/c1-5-6-13(14,15)12(21-10(4)18)11(20-9(3)17)8(2)19-7-16/h5,7-8,11-12H,1,6H2,2-4H3/t8-,11+,12+/m0/s1. The van der Waals surface area contributed by atoms with E-state index in [0.29, 0.717) is 0 Å². The van der Waals surface area contributed by atoms with E-state index in [4.69, 9.17) is 4.74 Å². The average molecular weight is 308 g/mol. The van der Waals surface area contributed by atoms with Gasteiger partial charge in [0.25, 0.3) is 12.4 Å². The summed E-state index contributed by atoms with van der Waals surface area (Å²) in [6.07, 6.45) is -4.85. The van der Waals surface area contributed by atoms with Crippen molar-refractivity contribution in [2.45, 2.75) is 51.4 Å². The van der Waals surface area contributed by atoms with Gasteiger partial charge in [-0.05, 0) is 6.92 Å². The van der Waals surface area contributed by atoms with Crippen LogP contribution < -0.4 is 0 Å². The topological polar surface area (TPSA) is 78.9 Å². The van der Waals surface area contributed by atoms with Gasteiger partial charge in [-0.3, -0.25) is 14.4 Å². The Kier molecular flexibility index (Phi) is 7.54. The number of carbonyl (C=O) groups excluding carboxylic acids is 3. The summed E-state index contributed by atoms with van der Waals surface area (Å²) in [4.78, 5) is 32.5. The molecule has 0 aromatic heterocycles. The molecule has 0 aromatic rings. The number of allylic oxidation sites excluding steroid dienone is 1. The van der Waals surface area contributed by atoms with Gasteiger partial charge in [-0.2, -0.15) is 0 Å². The van der Waals surface area contributed by atoms with E-state index < -0.39 is 42.6 Å². The molecule has 0 rings (SSSR count). The second kappa shape index (κ2) is 8.33. The molecule has 0 aliphatic rings. The largest absolute Gasteiger partial charge is 0.461 e. The SMILES string of the molecule is C=CCC(F)(F)[C@H](OC(C)=O)[C@H](OC(C)=O)[C@H](C)OC=O. The Morgan fingerprint density at radius 2 is 1.76 bits per heavy atom. The normalized spacial score (nSPS) is 15.3. The maximum Gasteiger partial charge on any atom is 0.303 e. The second-order valence-corrected chi connectivity index (χ2v) is 4.30. The molecule has 0 unspecified atom stereocenters. The zero-order valence-corrected chi connectivity index (χ0v) is 12.0. The monoisotopic (exact) mass is 308 g/mol. The van der Waals surface area contributed by atoms with Gasteiger partial charge in [-0.25, -0.2) is 8.78 Å². The highest BCUT2D eigenvalue weighted by Gasteiger charge is 2.50. The fraction of sp³-hybridized carbons (Fsp3) is 0.615. The first-order valence-corrected chi connectivity index (χ1v) is 6.08. The van der Waals surface area contributed by atoms with Crippen LogP contribution in [0, 0.1) is 0 Å². The van der Waals surface area contributed by atoms with Gasteiger partial charge in [-0.1, -0.05) is 6.08 Å². The Morgan fingerprint density at radius 1 is 1.24 bits per heavy atom. The fourth-order valence-electron chi connectivity index (χ4n) is 1.64. The molecule has 21 heavy (non-hydrogen) atoms. The maximum atomic E-state index is 14.1. The summed E-state index contributed by atoms with van der Waals surface area (Å²) in [5.74, 6) is -5.42. The van der Waals surface area contributed by atoms with Gasteiger partial charge in [0, 0.05) is 20.3 Å². The van der Waals surface area contributed by atoms with E-state index in [0.717, 1.165) is 19.9 Å². The summed E-state index contributed by atoms with van der Waals surface area (Å²) >= 11 is 0. The highest BCUT2D eigenvalue weighted by atomic mass is 19.3. The molecule has 0 amide bonds. The maximum absolute atomic E-state index is 14.1. The lowest BCUT2D eigenvalue weighted by atomic mass is 10.00. The molecule has 8 heteroatoms. The predicted octanol–water partition coefficient (Wildman–Crippen LogP) is 1.62. The average Bonchev–Trinajstić information content (AvgIpc) is 2.33. The van der Waals surface area contributed by atoms with E-state index in [1.54, 1.807) is 0 Å². The molecule has 0 radical (unpaired) electrons. The zero-order valence-electron chi connectivity index (χ0n) is 12.0. The molecule has 0 N–H and O–H groups in total. The van der Waals surface area contributed by atoms with Crippen molar-refractivity contribution in [2.75, 3.05) is 0 Å². The number of hydrogen-bond acceptors (Lipinski definition) is 6. The van der Waals surface area contributed by atoms with E-state index >= 15 is 0 Å². The number of ether oxygens (including phenoxy) is 3. The van der Waals surface area contributed by atoms with Crippen LogP contribution in [-0.2, 0) is 28.6 Å². The minimum absolute atomic E-state index is 0.0254. The molecule has 0 aromatic carbocycles. The highest BCUT2D eigenvalue weighted by Crippen LogP contribution is 2.31. The van der Waals surface area contributed by atoms with E-state index in [1.165, 1.54) is 6.92 Å². The van der Waals surface area contributed by atoms with Gasteiger partial charge in [0.05, 0.1) is 0 Å². The van der Waals surface area contributed by atoms with Crippen molar-refractivity contribution in [3.63, 3.8) is 0 Å². The minimum Gasteiger partial charge on any atom is -0.461 e. The van der Waals surface area contributed by atoms with Crippen molar-refractivity contribution >= 4 is 18.4 Å². The van der Waals surface area contributed by atoms with Crippen LogP contribution >= 0.6 is 0 Å². The van der Waals surface area contributed by atoms with Crippen molar-refractivity contribution in [1.29, 1.82) is 0 Å². The van der Waals surface area contributed by atoms with Crippen LogP contribution in [-0.4, -0.2) is 42.6 Å². The number of rotatable bonds is 9. The first kappa shape index (κ1) is 19.0.